The molecule has 0 fully saturated rings. The van der Waals surface area contributed by atoms with Crippen molar-refractivity contribution in [2.24, 2.45) is 0 Å². The van der Waals surface area contributed by atoms with E-state index in [-0.39, 0.29) is 0 Å². The van der Waals surface area contributed by atoms with E-state index in [0.29, 0.717) is 0 Å². The summed E-state index contributed by atoms with van der Waals surface area (Å²) in [6.07, 6.45) is 3.87. The van der Waals surface area contributed by atoms with Crippen molar-refractivity contribution in [1.82, 2.24) is 10.2 Å². The Hall–Kier alpha value is -1.97. The van der Waals surface area contributed by atoms with Gasteiger partial charge < -0.3 is 4.84 Å². The van der Waals surface area contributed by atoms with Gasteiger partial charge in [0, 0.05) is 5.39 Å². The summed E-state index contributed by atoms with van der Waals surface area (Å²) >= 11 is 0. The molecule has 4 heteroatoms. The quantitative estimate of drug-likeness (QED) is 0.769. The number of aromatic nitrogens is 2. The molecule has 0 aliphatic carbocycles. The molecule has 0 atom stereocenters. The fourth-order valence-corrected chi connectivity index (χ4v) is 1.70. The van der Waals surface area contributed by atoms with Gasteiger partial charge in [0.2, 0.25) is 0 Å². The van der Waals surface area contributed by atoms with E-state index < -0.39 is 0 Å². The molecule has 0 unspecified atom stereocenters. The van der Waals surface area contributed by atoms with Gasteiger partial charge in [-0.05, 0) is 31.2 Å². The number of nitrogens with one attached hydrogen (secondary N) is 1. The van der Waals surface area contributed by atoms with Crippen molar-refractivity contribution >= 4 is 16.6 Å². The van der Waals surface area contributed by atoms with Crippen LogP contribution in [-0.2, 0) is 4.84 Å². The van der Waals surface area contributed by atoms with E-state index in [1.165, 1.54) is 0 Å². The number of aromatic amines is 1. The van der Waals surface area contributed by atoms with Crippen LogP contribution in [0.15, 0.2) is 36.2 Å². The van der Waals surface area contributed by atoms with Gasteiger partial charge in [-0.15, -0.1) is 0 Å². The number of hydrogen-bond donors (Lipinski definition) is 1. The van der Waals surface area contributed by atoms with Crippen LogP contribution in [-0.4, -0.2) is 16.7 Å². The lowest BCUT2D eigenvalue weighted by Crippen LogP contribution is -2.16. The van der Waals surface area contributed by atoms with Gasteiger partial charge in [-0.1, -0.05) is 0 Å². The highest BCUT2D eigenvalue weighted by Crippen LogP contribution is 2.24. The summed E-state index contributed by atoms with van der Waals surface area (Å²) in [5, 5.41) is 9.90. The average Bonchev–Trinajstić information content (AvgIpc) is 2.84. The largest absolute Gasteiger partial charge is 0.384 e. The molecule has 2 heterocycles. The SMILES string of the molecule is CC1=CCN(c2ccc3cn[nH]c3c2)O1. The van der Waals surface area contributed by atoms with Gasteiger partial charge in [-0.2, -0.15) is 5.10 Å². The Morgan fingerprint density at radius 2 is 2.40 bits per heavy atom. The van der Waals surface area contributed by atoms with E-state index in [1.807, 2.05) is 36.4 Å². The zero-order valence-electron chi connectivity index (χ0n) is 8.40. The predicted molar refractivity (Wildman–Crippen MR) is 58.3 cm³/mol. The van der Waals surface area contributed by atoms with Gasteiger partial charge in [0.1, 0.15) is 5.76 Å². The molecule has 0 spiro atoms. The summed E-state index contributed by atoms with van der Waals surface area (Å²) in [7, 11) is 0. The van der Waals surface area contributed by atoms with Gasteiger partial charge in [-0.25, -0.2) is 5.06 Å². The van der Waals surface area contributed by atoms with E-state index in [2.05, 4.69) is 16.3 Å². The molecule has 1 aromatic carbocycles. The average molecular weight is 201 g/mol. The lowest BCUT2D eigenvalue weighted by Gasteiger charge is -2.17. The number of fused-ring (bicyclic) bond motifs is 1. The minimum absolute atomic E-state index is 0.797. The zero-order valence-corrected chi connectivity index (χ0v) is 8.40. The first-order valence-corrected chi connectivity index (χ1v) is 4.88. The highest BCUT2D eigenvalue weighted by molar-refractivity contribution is 5.81. The van der Waals surface area contributed by atoms with Gasteiger partial charge >= 0.3 is 0 Å². The van der Waals surface area contributed by atoms with Crippen LogP contribution in [0.1, 0.15) is 6.92 Å². The molecule has 4 nitrogen and oxygen atoms in total. The summed E-state index contributed by atoms with van der Waals surface area (Å²) in [5.74, 6) is 0.944. The second-order valence-corrected chi connectivity index (χ2v) is 3.61. The molecule has 1 aliphatic rings. The Labute approximate surface area is 87.1 Å². The van der Waals surface area contributed by atoms with Crippen molar-refractivity contribution in [3.05, 3.63) is 36.2 Å². The molecule has 0 amide bonds. The first-order chi connectivity index (χ1) is 7.33. The molecular formula is C11H11N3O. The number of rotatable bonds is 1. The zero-order chi connectivity index (χ0) is 10.3. The molecule has 0 saturated carbocycles. The lowest BCUT2D eigenvalue weighted by molar-refractivity contribution is 0.214. The number of allylic oxidation sites excluding steroid dienone is 1. The summed E-state index contributed by atoms with van der Waals surface area (Å²) < 4.78 is 0. The third kappa shape index (κ3) is 1.34. The van der Waals surface area contributed by atoms with E-state index in [1.54, 1.807) is 0 Å². The van der Waals surface area contributed by atoms with Gasteiger partial charge in [0.05, 0.1) is 23.9 Å². The maximum Gasteiger partial charge on any atom is 0.127 e. The normalized spacial score (nSPS) is 15.5. The van der Waals surface area contributed by atoms with E-state index in [0.717, 1.165) is 28.9 Å². The lowest BCUT2D eigenvalue weighted by atomic mass is 10.2. The Morgan fingerprint density at radius 3 is 3.20 bits per heavy atom. The topological polar surface area (TPSA) is 41.2 Å². The number of H-pyrrole nitrogens is 1. The van der Waals surface area contributed by atoms with Crippen LogP contribution in [0.4, 0.5) is 5.69 Å². The number of nitrogens with zero attached hydrogens (tertiary/aromatic N) is 2. The van der Waals surface area contributed by atoms with Crippen LogP contribution < -0.4 is 5.06 Å². The number of anilines is 1. The van der Waals surface area contributed by atoms with Crippen molar-refractivity contribution in [3.8, 4) is 0 Å². The highest BCUT2D eigenvalue weighted by Gasteiger charge is 2.13. The molecule has 1 N–H and O–H groups in total. The molecule has 0 bridgehead atoms. The van der Waals surface area contributed by atoms with Crippen LogP contribution in [0.3, 0.4) is 0 Å². The molecule has 3 rings (SSSR count). The number of hydroxylamine groups is 1. The first-order valence-electron chi connectivity index (χ1n) is 4.88. The number of hydrogen-bond acceptors (Lipinski definition) is 3. The predicted octanol–water partition coefficient (Wildman–Crippen LogP) is 2.22. The molecule has 1 aliphatic heterocycles. The van der Waals surface area contributed by atoms with Crippen LogP contribution in [0, 0.1) is 0 Å². The summed E-state index contributed by atoms with van der Waals surface area (Å²) in [5.41, 5.74) is 2.07. The Bertz CT molecular complexity index is 529. The second kappa shape index (κ2) is 3.02. The minimum atomic E-state index is 0.797. The third-order valence-electron chi connectivity index (χ3n) is 2.51. The maximum atomic E-state index is 5.53. The first kappa shape index (κ1) is 8.35. The fraction of sp³-hybridized carbons (Fsp3) is 0.182. The fourth-order valence-electron chi connectivity index (χ4n) is 1.70. The second-order valence-electron chi connectivity index (χ2n) is 3.61. The molecule has 15 heavy (non-hydrogen) atoms. The summed E-state index contributed by atoms with van der Waals surface area (Å²) in [4.78, 5) is 5.53. The van der Waals surface area contributed by atoms with Crippen molar-refractivity contribution in [3.63, 3.8) is 0 Å². The Balaban J connectivity index is 1.98. The molecule has 0 radical (unpaired) electrons. The van der Waals surface area contributed by atoms with Crippen LogP contribution in [0.25, 0.3) is 10.9 Å². The molecule has 1 aromatic heterocycles. The van der Waals surface area contributed by atoms with Crippen LogP contribution in [0.2, 0.25) is 0 Å². The van der Waals surface area contributed by atoms with Gasteiger partial charge in [-0.3, -0.25) is 5.10 Å². The summed E-state index contributed by atoms with van der Waals surface area (Å²) in [6, 6.07) is 6.10. The Kier molecular flexibility index (Phi) is 1.68. The van der Waals surface area contributed by atoms with Crippen molar-refractivity contribution in [1.29, 1.82) is 0 Å². The molecule has 0 saturated heterocycles. The van der Waals surface area contributed by atoms with E-state index in [4.69, 9.17) is 4.84 Å². The monoisotopic (exact) mass is 201 g/mol. The molecular weight excluding hydrogens is 190 g/mol. The van der Waals surface area contributed by atoms with Gasteiger partial charge in [0.15, 0.2) is 0 Å². The van der Waals surface area contributed by atoms with Crippen LogP contribution in [0.5, 0.6) is 0 Å². The van der Waals surface area contributed by atoms with Gasteiger partial charge in [0.25, 0.3) is 0 Å². The number of benzene rings is 1. The van der Waals surface area contributed by atoms with E-state index >= 15 is 0 Å². The standard InChI is InChI=1S/C11H11N3O/c1-8-4-5-14(15-8)10-3-2-9-7-12-13-11(9)6-10/h2-4,6-7H,5H2,1H3,(H,12,13). The third-order valence-corrected chi connectivity index (χ3v) is 2.51. The highest BCUT2D eigenvalue weighted by atomic mass is 16.7. The maximum absolute atomic E-state index is 5.53. The van der Waals surface area contributed by atoms with E-state index in [9.17, 15) is 0 Å². The Morgan fingerprint density at radius 1 is 1.47 bits per heavy atom. The molecule has 76 valence electrons. The smallest absolute Gasteiger partial charge is 0.127 e. The summed E-state index contributed by atoms with van der Waals surface area (Å²) in [6.45, 7) is 2.75. The van der Waals surface area contributed by atoms with Crippen molar-refractivity contribution < 1.29 is 4.84 Å². The van der Waals surface area contributed by atoms with Crippen LogP contribution >= 0.6 is 0 Å². The molecule has 2 aromatic rings. The minimum Gasteiger partial charge on any atom is -0.384 e. The van der Waals surface area contributed by atoms with Crippen molar-refractivity contribution in [2.45, 2.75) is 6.92 Å². The van der Waals surface area contributed by atoms with Crippen molar-refractivity contribution in [2.75, 3.05) is 11.6 Å².